The number of rotatable bonds is 10. The number of benzene rings is 2. The molecular formula is C28H34F6N2O2. The van der Waals surface area contributed by atoms with Gasteiger partial charge in [-0.05, 0) is 55.3 Å². The zero-order chi connectivity index (χ0) is 27.9. The average molecular weight is 545 g/mol. The Balaban J connectivity index is 1.75. The number of halogens is 6. The highest BCUT2D eigenvalue weighted by molar-refractivity contribution is 5.76. The molecule has 2 aromatic carbocycles. The molecule has 0 aromatic heterocycles. The smallest absolute Gasteiger partial charge is 0.373 e. The van der Waals surface area contributed by atoms with Crippen molar-refractivity contribution in [3.63, 3.8) is 0 Å². The van der Waals surface area contributed by atoms with Crippen LogP contribution in [0.15, 0.2) is 48.5 Å². The average Bonchev–Trinajstić information content (AvgIpc) is 2.87. The summed E-state index contributed by atoms with van der Waals surface area (Å²) in [5.41, 5.74) is -1.90. The second-order valence-electron chi connectivity index (χ2n) is 9.62. The third-order valence-electron chi connectivity index (χ3n) is 7.01. The molecule has 3 rings (SSSR count). The van der Waals surface area contributed by atoms with Gasteiger partial charge in [-0.25, -0.2) is 0 Å². The second kappa shape index (κ2) is 13.0. The fourth-order valence-corrected chi connectivity index (χ4v) is 4.83. The second-order valence-corrected chi connectivity index (χ2v) is 9.62. The summed E-state index contributed by atoms with van der Waals surface area (Å²) in [5.74, 6) is -0.127. The Bertz CT molecular complexity index is 1010. The first kappa shape index (κ1) is 30.0. The van der Waals surface area contributed by atoms with Gasteiger partial charge in [0, 0.05) is 32.0 Å². The molecule has 2 unspecified atom stereocenters. The fourth-order valence-electron chi connectivity index (χ4n) is 4.83. The van der Waals surface area contributed by atoms with E-state index in [1.165, 1.54) is 0 Å². The summed E-state index contributed by atoms with van der Waals surface area (Å²) in [6.45, 7) is 6.87. The van der Waals surface area contributed by atoms with Crippen LogP contribution in [0.1, 0.15) is 48.9 Å². The van der Waals surface area contributed by atoms with Crippen molar-refractivity contribution >= 4 is 5.91 Å². The molecule has 0 bridgehead atoms. The lowest BCUT2D eigenvalue weighted by Crippen LogP contribution is -2.48. The monoisotopic (exact) mass is 544 g/mol. The van der Waals surface area contributed by atoms with Crippen molar-refractivity contribution < 1.29 is 35.9 Å². The number of ether oxygens (including phenoxy) is 1. The van der Waals surface area contributed by atoms with Crippen LogP contribution >= 0.6 is 0 Å². The van der Waals surface area contributed by atoms with E-state index in [1.807, 2.05) is 44.2 Å². The SMILES string of the molecule is CCN(CC)CCC(=O)N1CCC(OCc2cc(C(F)(F)F)cc(C(F)(F)F)c2)C(Cc2ccccc2)C1. The Labute approximate surface area is 219 Å². The van der Waals surface area contributed by atoms with Gasteiger partial charge in [0.25, 0.3) is 0 Å². The van der Waals surface area contributed by atoms with Crippen LogP contribution in [0.25, 0.3) is 0 Å². The van der Waals surface area contributed by atoms with Gasteiger partial charge >= 0.3 is 12.4 Å². The fraction of sp³-hybridized carbons (Fsp3) is 0.536. The molecule has 1 heterocycles. The molecule has 0 N–H and O–H groups in total. The van der Waals surface area contributed by atoms with Crippen molar-refractivity contribution in [1.82, 2.24) is 9.80 Å². The molecule has 10 heteroatoms. The Morgan fingerprint density at radius 3 is 2.11 bits per heavy atom. The number of nitrogens with zero attached hydrogens (tertiary/aromatic N) is 2. The van der Waals surface area contributed by atoms with Gasteiger partial charge in [-0.3, -0.25) is 4.79 Å². The molecule has 2 atom stereocenters. The van der Waals surface area contributed by atoms with E-state index in [1.54, 1.807) is 4.90 Å². The summed E-state index contributed by atoms with van der Waals surface area (Å²) in [4.78, 5) is 16.9. The largest absolute Gasteiger partial charge is 0.416 e. The van der Waals surface area contributed by atoms with Gasteiger partial charge in [-0.15, -0.1) is 0 Å². The van der Waals surface area contributed by atoms with Crippen molar-refractivity contribution in [3.05, 3.63) is 70.8 Å². The minimum Gasteiger partial charge on any atom is -0.373 e. The number of likely N-dealkylation sites (tertiary alicyclic amines) is 1. The first-order chi connectivity index (χ1) is 17.9. The zero-order valence-electron chi connectivity index (χ0n) is 21.6. The van der Waals surface area contributed by atoms with Crippen molar-refractivity contribution in [3.8, 4) is 0 Å². The van der Waals surface area contributed by atoms with E-state index >= 15 is 0 Å². The maximum Gasteiger partial charge on any atom is 0.416 e. The van der Waals surface area contributed by atoms with Crippen LogP contribution in [-0.4, -0.2) is 54.5 Å². The van der Waals surface area contributed by atoms with E-state index in [0.29, 0.717) is 51.0 Å². The predicted molar refractivity (Wildman–Crippen MR) is 132 cm³/mol. The summed E-state index contributed by atoms with van der Waals surface area (Å²) < 4.78 is 85.6. The van der Waals surface area contributed by atoms with Crippen LogP contribution in [-0.2, 0) is 34.9 Å². The maximum atomic E-state index is 13.3. The van der Waals surface area contributed by atoms with Crippen molar-refractivity contribution in [2.24, 2.45) is 5.92 Å². The minimum atomic E-state index is -4.91. The molecule has 1 aliphatic heterocycles. The molecule has 4 nitrogen and oxygen atoms in total. The number of alkyl halides is 6. The minimum absolute atomic E-state index is 0.0288. The summed E-state index contributed by atoms with van der Waals surface area (Å²) in [5, 5.41) is 0. The van der Waals surface area contributed by atoms with Gasteiger partial charge < -0.3 is 14.5 Å². The first-order valence-corrected chi connectivity index (χ1v) is 12.8. The van der Waals surface area contributed by atoms with E-state index in [0.717, 1.165) is 18.7 Å². The van der Waals surface area contributed by atoms with E-state index in [-0.39, 0.29) is 23.5 Å². The highest BCUT2D eigenvalue weighted by Crippen LogP contribution is 2.37. The molecule has 1 amide bonds. The molecule has 1 saturated heterocycles. The van der Waals surface area contributed by atoms with E-state index in [4.69, 9.17) is 4.74 Å². The highest BCUT2D eigenvalue weighted by Gasteiger charge is 2.37. The lowest BCUT2D eigenvalue weighted by molar-refractivity contribution is -0.143. The molecular weight excluding hydrogens is 510 g/mol. The molecule has 0 saturated carbocycles. The van der Waals surface area contributed by atoms with Gasteiger partial charge in [0.15, 0.2) is 0 Å². The standard InChI is InChI=1S/C28H34F6N2O2/c1-3-35(4-2)12-11-26(37)36-13-10-25(22(18-36)14-20-8-6-5-7-9-20)38-19-21-15-23(27(29,30)31)17-24(16-21)28(32,33)34/h5-9,15-17,22,25H,3-4,10-14,18-19H2,1-2H3. The Hall–Kier alpha value is -2.59. The molecule has 0 spiro atoms. The Morgan fingerprint density at radius 2 is 1.55 bits per heavy atom. The van der Waals surface area contributed by atoms with Crippen LogP contribution in [0.5, 0.6) is 0 Å². The number of carbonyl (C=O) groups excluding carboxylic acids is 1. The third kappa shape index (κ3) is 8.46. The van der Waals surface area contributed by atoms with Gasteiger partial charge in [0.1, 0.15) is 0 Å². The van der Waals surface area contributed by atoms with Crippen LogP contribution < -0.4 is 0 Å². The number of hydrogen-bond donors (Lipinski definition) is 0. The quantitative estimate of drug-likeness (QED) is 0.323. The molecule has 0 aliphatic carbocycles. The summed E-state index contributed by atoms with van der Waals surface area (Å²) in [7, 11) is 0. The van der Waals surface area contributed by atoms with Gasteiger partial charge in [-0.2, -0.15) is 26.3 Å². The molecule has 210 valence electrons. The molecule has 1 fully saturated rings. The van der Waals surface area contributed by atoms with Crippen molar-refractivity contribution in [1.29, 1.82) is 0 Å². The van der Waals surface area contributed by atoms with Crippen LogP contribution in [0.2, 0.25) is 0 Å². The van der Waals surface area contributed by atoms with E-state index in [2.05, 4.69) is 4.90 Å². The summed E-state index contributed by atoms with van der Waals surface area (Å²) in [6.07, 6.45) is -8.85. The highest BCUT2D eigenvalue weighted by atomic mass is 19.4. The van der Waals surface area contributed by atoms with Crippen molar-refractivity contribution in [2.45, 2.75) is 58.2 Å². The predicted octanol–water partition coefficient (Wildman–Crippen LogP) is 6.43. The third-order valence-corrected chi connectivity index (χ3v) is 7.01. The van der Waals surface area contributed by atoms with Gasteiger partial charge in [-0.1, -0.05) is 44.2 Å². The lowest BCUT2D eigenvalue weighted by Gasteiger charge is -2.39. The summed E-state index contributed by atoms with van der Waals surface area (Å²) >= 11 is 0. The molecule has 38 heavy (non-hydrogen) atoms. The van der Waals surface area contributed by atoms with Crippen LogP contribution in [0.4, 0.5) is 26.3 Å². The number of carbonyl (C=O) groups is 1. The van der Waals surface area contributed by atoms with Crippen LogP contribution in [0, 0.1) is 5.92 Å². The van der Waals surface area contributed by atoms with Gasteiger partial charge in [0.05, 0.1) is 23.8 Å². The van der Waals surface area contributed by atoms with Gasteiger partial charge in [0.2, 0.25) is 5.91 Å². The first-order valence-electron chi connectivity index (χ1n) is 12.8. The summed E-state index contributed by atoms with van der Waals surface area (Å²) in [6, 6.07) is 11.1. The zero-order valence-corrected chi connectivity index (χ0v) is 21.6. The molecule has 1 aliphatic rings. The molecule has 2 aromatic rings. The number of piperidine rings is 1. The molecule has 0 radical (unpaired) electrons. The number of amides is 1. The topological polar surface area (TPSA) is 32.8 Å². The maximum absolute atomic E-state index is 13.3. The normalized spacial score (nSPS) is 18.7. The van der Waals surface area contributed by atoms with E-state index < -0.39 is 36.2 Å². The lowest BCUT2D eigenvalue weighted by atomic mass is 9.88. The van der Waals surface area contributed by atoms with Crippen LogP contribution in [0.3, 0.4) is 0 Å². The van der Waals surface area contributed by atoms with E-state index in [9.17, 15) is 31.1 Å². The Morgan fingerprint density at radius 1 is 0.947 bits per heavy atom. The number of hydrogen-bond acceptors (Lipinski definition) is 3. The Kier molecular flexibility index (Phi) is 10.2. The van der Waals surface area contributed by atoms with Crippen molar-refractivity contribution in [2.75, 3.05) is 32.7 Å².